The monoisotopic (exact) mass is 321 g/mol. The zero-order chi connectivity index (χ0) is 17.0. The predicted octanol–water partition coefficient (Wildman–Crippen LogP) is 3.33. The lowest BCUT2D eigenvalue weighted by atomic mass is 10.1. The summed E-state index contributed by atoms with van der Waals surface area (Å²) in [4.78, 5) is 23.8. The minimum absolute atomic E-state index is 0.167. The maximum absolute atomic E-state index is 13.9. The van der Waals surface area contributed by atoms with Gasteiger partial charge in [0.05, 0.1) is 30.2 Å². The van der Waals surface area contributed by atoms with Gasteiger partial charge >= 0.3 is 5.97 Å². The number of fused-ring (bicyclic) bond motifs is 1. The fourth-order valence-corrected chi connectivity index (χ4v) is 2.43. The first kappa shape index (κ1) is 17.0. The Morgan fingerprint density at radius 2 is 2.00 bits per heavy atom. The van der Waals surface area contributed by atoms with Gasteiger partial charge in [-0.1, -0.05) is 13.3 Å². The predicted molar refractivity (Wildman–Crippen MR) is 84.3 cm³/mol. The minimum atomic E-state index is -0.955. The normalized spacial score (nSPS) is 10.8. The van der Waals surface area contributed by atoms with E-state index in [1.165, 1.54) is 18.3 Å². The van der Waals surface area contributed by atoms with Gasteiger partial charge in [0.25, 0.3) is 5.78 Å². The van der Waals surface area contributed by atoms with E-state index in [1.807, 2.05) is 13.8 Å². The van der Waals surface area contributed by atoms with Crippen LogP contribution in [0.5, 0.6) is 5.75 Å². The van der Waals surface area contributed by atoms with E-state index in [-0.39, 0.29) is 11.3 Å². The Kier molecular flexibility index (Phi) is 5.36. The zero-order valence-corrected chi connectivity index (χ0v) is 13.5. The Hall–Kier alpha value is -2.37. The Morgan fingerprint density at radius 1 is 1.26 bits per heavy atom. The molecule has 5 nitrogen and oxygen atoms in total. The molecular formula is C17H20FNO4. The number of hydrogen-bond acceptors (Lipinski definition) is 4. The summed E-state index contributed by atoms with van der Waals surface area (Å²) in [6, 6.07) is 2.58. The van der Waals surface area contributed by atoms with Crippen LogP contribution in [0, 0.1) is 5.82 Å². The number of unbranched alkanes of at least 4 members (excludes halogenated alkanes) is 1. The average molecular weight is 321 g/mol. The van der Waals surface area contributed by atoms with E-state index in [1.54, 1.807) is 4.57 Å². The van der Waals surface area contributed by atoms with Gasteiger partial charge in [-0.05, 0) is 19.4 Å². The number of halogens is 1. The molecule has 0 radical (unpaired) electrons. The molecule has 1 heterocycles. The third-order valence-corrected chi connectivity index (χ3v) is 3.62. The number of hydrogen-bond donors (Lipinski definition) is 0. The molecule has 0 saturated carbocycles. The van der Waals surface area contributed by atoms with E-state index in [0.29, 0.717) is 24.1 Å². The summed E-state index contributed by atoms with van der Waals surface area (Å²) >= 11 is 0. The number of ether oxygens (including phenoxy) is 2. The fourth-order valence-electron chi connectivity index (χ4n) is 2.43. The van der Waals surface area contributed by atoms with Gasteiger partial charge in [-0.2, -0.15) is 0 Å². The second-order valence-electron chi connectivity index (χ2n) is 5.15. The highest BCUT2D eigenvalue weighted by atomic mass is 19.1. The van der Waals surface area contributed by atoms with Crippen molar-refractivity contribution in [3.8, 4) is 5.75 Å². The second-order valence-corrected chi connectivity index (χ2v) is 5.15. The van der Waals surface area contributed by atoms with Crippen LogP contribution >= 0.6 is 0 Å². The number of carbonyl (C=O) groups excluding carboxylic acids is 2. The summed E-state index contributed by atoms with van der Waals surface area (Å²) in [6.45, 7) is 4.83. The molecule has 0 atom stereocenters. The molecule has 0 aliphatic rings. The van der Waals surface area contributed by atoms with Gasteiger partial charge in [0, 0.05) is 18.8 Å². The van der Waals surface area contributed by atoms with Crippen LogP contribution in [0.3, 0.4) is 0 Å². The fraction of sp³-hybridized carbons (Fsp3) is 0.412. The van der Waals surface area contributed by atoms with Gasteiger partial charge in [-0.15, -0.1) is 0 Å². The molecule has 124 valence electrons. The van der Waals surface area contributed by atoms with E-state index < -0.39 is 17.6 Å². The maximum atomic E-state index is 13.9. The molecule has 0 saturated heterocycles. The van der Waals surface area contributed by atoms with Crippen LogP contribution in [0.4, 0.5) is 4.39 Å². The average Bonchev–Trinajstić information content (AvgIpc) is 2.92. The summed E-state index contributed by atoms with van der Waals surface area (Å²) in [6.07, 6.45) is 3.28. The number of nitrogens with zero attached hydrogens (tertiary/aromatic N) is 1. The highest BCUT2D eigenvalue weighted by Gasteiger charge is 2.25. The third kappa shape index (κ3) is 3.36. The molecule has 2 rings (SSSR count). The van der Waals surface area contributed by atoms with E-state index in [0.717, 1.165) is 20.0 Å². The maximum Gasteiger partial charge on any atom is 0.379 e. The molecule has 6 heteroatoms. The number of aromatic nitrogens is 1. The quantitative estimate of drug-likeness (QED) is 0.340. The van der Waals surface area contributed by atoms with Crippen LogP contribution in [-0.4, -0.2) is 30.0 Å². The summed E-state index contributed by atoms with van der Waals surface area (Å²) in [7, 11) is 1.15. The Labute approximate surface area is 134 Å². The molecule has 0 unspecified atom stereocenters. The lowest BCUT2D eigenvalue weighted by Gasteiger charge is -2.09. The van der Waals surface area contributed by atoms with Crippen molar-refractivity contribution >= 4 is 22.7 Å². The largest absolute Gasteiger partial charge is 0.493 e. The Bertz CT molecular complexity index is 736. The highest BCUT2D eigenvalue weighted by Crippen LogP contribution is 2.33. The van der Waals surface area contributed by atoms with Crippen LogP contribution in [-0.2, 0) is 16.1 Å². The highest BCUT2D eigenvalue weighted by molar-refractivity contribution is 6.43. The van der Waals surface area contributed by atoms with Crippen molar-refractivity contribution in [3.63, 3.8) is 0 Å². The number of methoxy groups -OCH3 is 1. The molecular weight excluding hydrogens is 301 g/mol. The van der Waals surface area contributed by atoms with Crippen molar-refractivity contribution in [3.05, 3.63) is 29.7 Å². The Balaban J connectivity index is 2.62. The molecule has 0 aliphatic heterocycles. The van der Waals surface area contributed by atoms with Crippen molar-refractivity contribution in [2.45, 2.75) is 33.2 Å². The van der Waals surface area contributed by atoms with Gasteiger partial charge in [0.1, 0.15) is 11.6 Å². The first-order chi connectivity index (χ1) is 11.0. The van der Waals surface area contributed by atoms with Gasteiger partial charge in [-0.25, -0.2) is 9.18 Å². The molecule has 0 spiro atoms. The number of carbonyl (C=O) groups is 2. The number of Topliss-reactive ketones (excluding diaryl/α,β-unsaturated/α-hetero) is 1. The summed E-state index contributed by atoms with van der Waals surface area (Å²) in [5, 5.41) is 0.444. The molecule has 0 amide bonds. The molecule has 1 aromatic carbocycles. The van der Waals surface area contributed by atoms with Crippen LogP contribution in [0.1, 0.15) is 37.0 Å². The molecule has 0 aliphatic carbocycles. The summed E-state index contributed by atoms with van der Waals surface area (Å²) < 4.78 is 25.8. The summed E-state index contributed by atoms with van der Waals surface area (Å²) in [5.41, 5.74) is 0.687. The molecule has 0 N–H and O–H groups in total. The smallest absolute Gasteiger partial charge is 0.379 e. The van der Waals surface area contributed by atoms with Crippen LogP contribution in [0.15, 0.2) is 18.3 Å². The second kappa shape index (κ2) is 7.26. The summed E-state index contributed by atoms with van der Waals surface area (Å²) in [5.74, 6) is -1.90. The van der Waals surface area contributed by atoms with E-state index >= 15 is 0 Å². The van der Waals surface area contributed by atoms with Crippen molar-refractivity contribution < 1.29 is 23.5 Å². The van der Waals surface area contributed by atoms with Crippen LogP contribution in [0.2, 0.25) is 0 Å². The van der Waals surface area contributed by atoms with Crippen molar-refractivity contribution in [2.75, 3.05) is 13.7 Å². The first-order valence-corrected chi connectivity index (χ1v) is 7.61. The van der Waals surface area contributed by atoms with Crippen LogP contribution < -0.4 is 4.74 Å². The van der Waals surface area contributed by atoms with E-state index in [4.69, 9.17) is 4.74 Å². The van der Waals surface area contributed by atoms with Crippen molar-refractivity contribution in [1.29, 1.82) is 0 Å². The van der Waals surface area contributed by atoms with Gasteiger partial charge < -0.3 is 14.0 Å². The molecule has 23 heavy (non-hydrogen) atoms. The number of esters is 1. The zero-order valence-electron chi connectivity index (χ0n) is 13.5. The molecule has 0 fully saturated rings. The number of benzene rings is 1. The van der Waals surface area contributed by atoms with E-state index in [9.17, 15) is 14.0 Å². The molecule has 0 bridgehead atoms. The van der Waals surface area contributed by atoms with Gasteiger partial charge in [0.15, 0.2) is 0 Å². The van der Waals surface area contributed by atoms with Gasteiger partial charge in [0.2, 0.25) is 0 Å². The van der Waals surface area contributed by atoms with Crippen LogP contribution in [0.25, 0.3) is 10.9 Å². The van der Waals surface area contributed by atoms with Gasteiger partial charge in [-0.3, -0.25) is 4.79 Å². The number of ketones is 1. The number of rotatable bonds is 7. The molecule has 1 aromatic heterocycles. The van der Waals surface area contributed by atoms with E-state index in [2.05, 4.69) is 4.74 Å². The topological polar surface area (TPSA) is 57.5 Å². The minimum Gasteiger partial charge on any atom is -0.493 e. The van der Waals surface area contributed by atoms with Crippen molar-refractivity contribution in [1.82, 2.24) is 4.57 Å². The van der Waals surface area contributed by atoms with Crippen molar-refractivity contribution in [2.24, 2.45) is 0 Å². The first-order valence-electron chi connectivity index (χ1n) is 7.61. The molecule has 2 aromatic rings. The lowest BCUT2D eigenvalue weighted by molar-refractivity contribution is -0.135. The SMILES string of the molecule is CCCCOc1cc(F)cc2c1c(C(=O)C(=O)OC)cn2CC. The standard InChI is InChI=1S/C17H20FNO4/c1-4-6-7-23-14-9-11(18)8-13-15(14)12(10-19(13)5-2)16(20)17(21)22-3/h8-10H,4-7H2,1-3H3. The number of aryl methyl sites for hydroxylation is 1. The lowest BCUT2D eigenvalue weighted by Crippen LogP contribution is -2.15. The Morgan fingerprint density at radius 3 is 2.61 bits per heavy atom. The third-order valence-electron chi connectivity index (χ3n) is 3.62.